The van der Waals surface area contributed by atoms with Gasteiger partial charge in [-0.25, -0.2) is 0 Å². The standard InChI is InChI=1S/C28H52N2O15/c1-16(14-40-7-5-38-9-11-42-27-21(29-18(3)32)25(36)23(34)17(2)44-27)15-41-8-6-39-10-12-43-28-22(30-19(4)33)26(37)24(35)20(13-31)45-28/h16-17,20-28,31,34-37H,5-15H2,1-4H3,(H,29,32)(H,30,33)/t16?,17?,20?,21?,22?,23-,24-,25?,26?,27+,28+/m0/s1. The molecule has 17 nitrogen and oxygen atoms in total. The number of carbonyl (C=O) groups is 2. The minimum absolute atomic E-state index is 0.0819. The highest BCUT2D eigenvalue weighted by Crippen LogP contribution is 2.23. The first kappa shape index (κ1) is 39.6. The van der Waals surface area contributed by atoms with Crippen molar-refractivity contribution in [1.29, 1.82) is 0 Å². The summed E-state index contributed by atoms with van der Waals surface area (Å²) < 4.78 is 44.5. The van der Waals surface area contributed by atoms with Gasteiger partial charge in [-0.05, 0) is 6.92 Å². The van der Waals surface area contributed by atoms with E-state index in [1.165, 1.54) is 13.8 Å². The largest absolute Gasteiger partial charge is 0.394 e. The molecule has 2 heterocycles. The third kappa shape index (κ3) is 14.0. The number of hydrogen-bond acceptors (Lipinski definition) is 15. The van der Waals surface area contributed by atoms with Crippen LogP contribution < -0.4 is 10.6 Å². The highest BCUT2D eigenvalue weighted by atomic mass is 16.7. The maximum absolute atomic E-state index is 11.5. The van der Waals surface area contributed by atoms with E-state index < -0.39 is 73.8 Å². The summed E-state index contributed by atoms with van der Waals surface area (Å²) in [6.45, 7) is 8.58. The summed E-state index contributed by atoms with van der Waals surface area (Å²) in [7, 11) is 0. The summed E-state index contributed by atoms with van der Waals surface area (Å²) >= 11 is 0. The van der Waals surface area contributed by atoms with Crippen LogP contribution in [-0.4, -0.2) is 171 Å². The Balaban J connectivity index is 1.47. The number of aliphatic hydroxyl groups is 5. The SMILES string of the molecule is CC(=O)NC1C(O)[C@@H](O)C(C)O[C@H]1OCCOCCOCC(C)COCCOCCO[C@@H]1OC(CO)[C@H](O)C(O)C1NC(C)=O. The van der Waals surface area contributed by atoms with E-state index in [9.17, 15) is 35.1 Å². The molecular weight excluding hydrogens is 604 g/mol. The van der Waals surface area contributed by atoms with Crippen LogP contribution in [0.5, 0.6) is 0 Å². The van der Waals surface area contributed by atoms with Crippen molar-refractivity contribution in [1.82, 2.24) is 10.6 Å². The smallest absolute Gasteiger partial charge is 0.217 e. The maximum Gasteiger partial charge on any atom is 0.217 e. The molecule has 2 aliphatic rings. The van der Waals surface area contributed by atoms with Crippen LogP contribution in [0.25, 0.3) is 0 Å². The van der Waals surface area contributed by atoms with Gasteiger partial charge < -0.3 is 74.1 Å². The van der Waals surface area contributed by atoms with Crippen molar-refractivity contribution in [3.05, 3.63) is 0 Å². The Morgan fingerprint density at radius 2 is 1.09 bits per heavy atom. The molecule has 11 atom stereocenters. The van der Waals surface area contributed by atoms with Crippen LogP contribution in [0.1, 0.15) is 27.7 Å². The molecular formula is C28H52N2O15. The van der Waals surface area contributed by atoms with Gasteiger partial charge in [0.1, 0.15) is 42.6 Å². The number of amides is 2. The molecule has 0 aromatic rings. The topological polar surface area (TPSA) is 233 Å². The number of rotatable bonds is 21. The van der Waals surface area contributed by atoms with Crippen LogP contribution in [0.15, 0.2) is 0 Å². The highest BCUT2D eigenvalue weighted by molar-refractivity contribution is 5.73. The second-order valence-electron chi connectivity index (χ2n) is 11.1. The Morgan fingerprint density at radius 1 is 0.667 bits per heavy atom. The lowest BCUT2D eigenvalue weighted by atomic mass is 9.97. The number of aliphatic hydroxyl groups excluding tert-OH is 5. The van der Waals surface area contributed by atoms with Gasteiger partial charge in [-0.15, -0.1) is 0 Å². The summed E-state index contributed by atoms with van der Waals surface area (Å²) in [6.07, 6.45) is -8.82. The zero-order valence-corrected chi connectivity index (χ0v) is 26.4. The van der Waals surface area contributed by atoms with Gasteiger partial charge in [-0.3, -0.25) is 9.59 Å². The van der Waals surface area contributed by atoms with Crippen LogP contribution in [0.2, 0.25) is 0 Å². The molecule has 0 radical (unpaired) electrons. The van der Waals surface area contributed by atoms with Gasteiger partial charge in [0.2, 0.25) is 11.8 Å². The second-order valence-corrected chi connectivity index (χ2v) is 11.1. The molecule has 2 aliphatic heterocycles. The van der Waals surface area contributed by atoms with E-state index >= 15 is 0 Å². The van der Waals surface area contributed by atoms with E-state index in [-0.39, 0.29) is 38.3 Å². The predicted octanol–water partition coefficient (Wildman–Crippen LogP) is -3.36. The minimum atomic E-state index is -1.38. The molecule has 0 spiro atoms. The Kier molecular flexibility index (Phi) is 18.8. The van der Waals surface area contributed by atoms with Crippen molar-refractivity contribution in [3.63, 3.8) is 0 Å². The first-order valence-electron chi connectivity index (χ1n) is 15.2. The molecule has 264 valence electrons. The zero-order valence-electron chi connectivity index (χ0n) is 26.4. The molecule has 0 aromatic heterocycles. The fourth-order valence-electron chi connectivity index (χ4n) is 4.68. The van der Waals surface area contributed by atoms with E-state index in [4.69, 9.17) is 37.9 Å². The molecule has 2 rings (SSSR count). The van der Waals surface area contributed by atoms with E-state index in [1.54, 1.807) is 6.92 Å². The number of hydrogen-bond donors (Lipinski definition) is 7. The van der Waals surface area contributed by atoms with Gasteiger partial charge in [-0.1, -0.05) is 6.92 Å². The van der Waals surface area contributed by atoms with Gasteiger partial charge in [0.15, 0.2) is 12.6 Å². The van der Waals surface area contributed by atoms with Crippen molar-refractivity contribution < 1.29 is 73.0 Å². The quantitative estimate of drug-likeness (QED) is 0.0598. The van der Waals surface area contributed by atoms with Crippen LogP contribution in [-0.2, 0) is 47.5 Å². The lowest BCUT2D eigenvalue weighted by Gasteiger charge is -2.42. The summed E-state index contributed by atoms with van der Waals surface area (Å²) in [6, 6.07) is -1.91. The van der Waals surface area contributed by atoms with Crippen LogP contribution in [0.4, 0.5) is 0 Å². The number of carbonyl (C=O) groups excluding carboxylic acids is 2. The minimum Gasteiger partial charge on any atom is -0.394 e. The monoisotopic (exact) mass is 656 g/mol. The lowest BCUT2D eigenvalue weighted by Crippen LogP contribution is -2.64. The zero-order chi connectivity index (χ0) is 33.4. The van der Waals surface area contributed by atoms with Gasteiger partial charge in [0, 0.05) is 19.8 Å². The van der Waals surface area contributed by atoms with Gasteiger partial charge in [0.25, 0.3) is 0 Å². The lowest BCUT2D eigenvalue weighted by molar-refractivity contribution is -0.272. The Labute approximate surface area is 263 Å². The summed E-state index contributed by atoms with van der Waals surface area (Å²) in [5.41, 5.74) is 0. The third-order valence-corrected chi connectivity index (χ3v) is 7.03. The molecule has 0 bridgehead atoms. The maximum atomic E-state index is 11.5. The molecule has 7 N–H and O–H groups in total. The molecule has 7 unspecified atom stereocenters. The average molecular weight is 657 g/mol. The molecule has 0 aromatic carbocycles. The summed E-state index contributed by atoms with van der Waals surface area (Å²) in [4.78, 5) is 22.9. The Hall–Kier alpha value is -1.58. The molecule has 0 saturated carbocycles. The summed E-state index contributed by atoms with van der Waals surface area (Å²) in [5.74, 6) is -0.681. The number of nitrogens with one attached hydrogen (secondary N) is 2. The van der Waals surface area contributed by atoms with Gasteiger partial charge in [-0.2, -0.15) is 0 Å². The molecule has 17 heteroatoms. The fourth-order valence-corrected chi connectivity index (χ4v) is 4.68. The van der Waals surface area contributed by atoms with Crippen molar-refractivity contribution in [2.75, 3.05) is 72.7 Å². The normalized spacial score (nSPS) is 32.6. The Bertz CT molecular complexity index is 842. The van der Waals surface area contributed by atoms with Crippen molar-refractivity contribution in [2.45, 2.75) is 89.0 Å². The predicted molar refractivity (Wildman–Crippen MR) is 154 cm³/mol. The molecule has 45 heavy (non-hydrogen) atoms. The van der Waals surface area contributed by atoms with Crippen LogP contribution in [0.3, 0.4) is 0 Å². The first-order valence-corrected chi connectivity index (χ1v) is 15.2. The highest BCUT2D eigenvalue weighted by Gasteiger charge is 2.45. The summed E-state index contributed by atoms with van der Waals surface area (Å²) in [5, 5.41) is 55.0. The molecule has 0 aliphatic carbocycles. The molecule has 2 saturated heterocycles. The molecule has 2 fully saturated rings. The van der Waals surface area contributed by atoms with E-state index in [1.807, 2.05) is 6.92 Å². The average Bonchev–Trinajstić information content (AvgIpc) is 2.99. The fraction of sp³-hybridized carbons (Fsp3) is 0.929. The first-order chi connectivity index (χ1) is 21.5. The van der Waals surface area contributed by atoms with E-state index in [0.717, 1.165) is 0 Å². The van der Waals surface area contributed by atoms with Crippen molar-refractivity contribution in [2.24, 2.45) is 5.92 Å². The van der Waals surface area contributed by atoms with Crippen LogP contribution in [0, 0.1) is 5.92 Å². The van der Waals surface area contributed by atoms with Gasteiger partial charge >= 0.3 is 0 Å². The van der Waals surface area contributed by atoms with Gasteiger partial charge in [0.05, 0.1) is 78.8 Å². The molecule has 2 amide bonds. The third-order valence-electron chi connectivity index (χ3n) is 7.03. The van der Waals surface area contributed by atoms with E-state index in [0.29, 0.717) is 39.6 Å². The van der Waals surface area contributed by atoms with Crippen LogP contribution >= 0.6 is 0 Å². The van der Waals surface area contributed by atoms with Crippen molar-refractivity contribution in [3.8, 4) is 0 Å². The number of ether oxygens (including phenoxy) is 8. The van der Waals surface area contributed by atoms with Crippen molar-refractivity contribution >= 4 is 11.8 Å². The second kappa shape index (κ2) is 21.3. The van der Waals surface area contributed by atoms with E-state index in [2.05, 4.69) is 10.6 Å². The Morgan fingerprint density at radius 3 is 1.56 bits per heavy atom.